The van der Waals surface area contributed by atoms with Crippen LogP contribution in [0.2, 0.25) is 0 Å². The van der Waals surface area contributed by atoms with Crippen LogP contribution in [0.25, 0.3) is 11.1 Å². The Labute approximate surface area is 116 Å². The molecule has 1 unspecified atom stereocenters. The molecule has 1 atom stereocenters. The molecule has 1 aliphatic rings. The molecule has 3 N–H and O–H groups in total. The molecule has 2 heterocycles. The van der Waals surface area contributed by atoms with Crippen molar-refractivity contribution in [1.29, 1.82) is 0 Å². The molecule has 0 aliphatic carbocycles. The van der Waals surface area contributed by atoms with Gasteiger partial charge in [-0.05, 0) is 38.0 Å². The van der Waals surface area contributed by atoms with E-state index >= 15 is 0 Å². The van der Waals surface area contributed by atoms with Crippen molar-refractivity contribution in [3.63, 3.8) is 0 Å². The van der Waals surface area contributed by atoms with Crippen LogP contribution >= 0.6 is 0 Å². The molecule has 1 aromatic carbocycles. The minimum Gasteiger partial charge on any atom is -0.424 e. The van der Waals surface area contributed by atoms with Gasteiger partial charge in [0, 0.05) is 18.8 Å². The molecule has 1 aliphatic heterocycles. The van der Waals surface area contributed by atoms with Crippen LogP contribution in [0.1, 0.15) is 19.8 Å². The van der Waals surface area contributed by atoms with Gasteiger partial charge in [-0.3, -0.25) is 4.79 Å². The minimum absolute atomic E-state index is 0.0873. The number of benzene rings is 1. The van der Waals surface area contributed by atoms with E-state index < -0.39 is 0 Å². The average molecular weight is 274 g/mol. The third-order valence-electron chi connectivity index (χ3n) is 3.54. The second-order valence-corrected chi connectivity index (χ2v) is 5.14. The number of nitrogens with zero attached hydrogens (tertiary/aromatic N) is 2. The van der Waals surface area contributed by atoms with E-state index in [0.717, 1.165) is 25.9 Å². The zero-order chi connectivity index (χ0) is 14.1. The summed E-state index contributed by atoms with van der Waals surface area (Å²) in [6.07, 6.45) is 2.17. The Morgan fingerprint density at radius 2 is 2.20 bits per heavy atom. The average Bonchev–Trinajstić information content (AvgIpc) is 3.05. The highest BCUT2D eigenvalue weighted by atomic mass is 16.4. The van der Waals surface area contributed by atoms with Gasteiger partial charge >= 0.3 is 0 Å². The minimum atomic E-state index is -0.349. The molecule has 1 aromatic heterocycles. The van der Waals surface area contributed by atoms with Crippen molar-refractivity contribution in [2.75, 3.05) is 24.1 Å². The fraction of sp³-hybridized carbons (Fsp3) is 0.429. The standard InChI is InChI=1S/C14H18N4O2/c1-9(13(19)18-6-2-3-7-18)16-14-17-11-8-10(15)4-5-12(11)20-14/h4-5,8-9H,2-3,6-7,15H2,1H3,(H,16,17). The van der Waals surface area contributed by atoms with Gasteiger partial charge in [-0.2, -0.15) is 4.98 Å². The van der Waals surface area contributed by atoms with Crippen molar-refractivity contribution in [1.82, 2.24) is 9.88 Å². The summed E-state index contributed by atoms with van der Waals surface area (Å²) >= 11 is 0. The lowest BCUT2D eigenvalue weighted by Gasteiger charge is -2.20. The summed E-state index contributed by atoms with van der Waals surface area (Å²) in [4.78, 5) is 18.4. The number of oxazole rings is 1. The van der Waals surface area contributed by atoms with Crippen LogP contribution in [-0.2, 0) is 4.79 Å². The molecule has 1 amide bonds. The number of hydrogen-bond acceptors (Lipinski definition) is 5. The van der Waals surface area contributed by atoms with E-state index in [0.29, 0.717) is 22.8 Å². The van der Waals surface area contributed by atoms with E-state index in [1.54, 1.807) is 18.2 Å². The molecular formula is C14H18N4O2. The lowest BCUT2D eigenvalue weighted by molar-refractivity contribution is -0.130. The maximum atomic E-state index is 12.2. The maximum absolute atomic E-state index is 12.2. The molecule has 0 spiro atoms. The second kappa shape index (κ2) is 5.03. The Balaban J connectivity index is 1.73. The van der Waals surface area contributed by atoms with Gasteiger partial charge in [0.2, 0.25) is 5.91 Å². The topological polar surface area (TPSA) is 84.4 Å². The van der Waals surface area contributed by atoms with E-state index in [1.807, 2.05) is 11.8 Å². The summed E-state index contributed by atoms with van der Waals surface area (Å²) in [6, 6.07) is 5.28. The number of nitrogen functional groups attached to an aromatic ring is 1. The summed E-state index contributed by atoms with van der Waals surface area (Å²) in [5, 5.41) is 3.02. The second-order valence-electron chi connectivity index (χ2n) is 5.14. The van der Waals surface area contributed by atoms with Gasteiger partial charge in [0.05, 0.1) is 0 Å². The summed E-state index contributed by atoms with van der Waals surface area (Å²) < 4.78 is 5.56. The number of amides is 1. The Bertz CT molecular complexity index is 631. The molecule has 6 nitrogen and oxygen atoms in total. The molecular weight excluding hydrogens is 256 g/mol. The van der Waals surface area contributed by atoms with Gasteiger partial charge in [-0.1, -0.05) is 0 Å². The number of anilines is 2. The predicted octanol–water partition coefficient (Wildman–Crippen LogP) is 1.83. The Hall–Kier alpha value is -2.24. The van der Waals surface area contributed by atoms with Crippen molar-refractivity contribution in [2.45, 2.75) is 25.8 Å². The highest BCUT2D eigenvalue weighted by molar-refractivity contribution is 5.84. The number of rotatable bonds is 3. The van der Waals surface area contributed by atoms with Crippen molar-refractivity contribution in [2.24, 2.45) is 0 Å². The fourth-order valence-corrected chi connectivity index (χ4v) is 2.46. The summed E-state index contributed by atoms with van der Waals surface area (Å²) in [5.74, 6) is 0.0873. The molecule has 0 saturated carbocycles. The Morgan fingerprint density at radius 3 is 2.95 bits per heavy atom. The first-order chi connectivity index (χ1) is 9.63. The molecule has 0 bridgehead atoms. The van der Waals surface area contributed by atoms with Crippen LogP contribution in [0.3, 0.4) is 0 Å². The largest absolute Gasteiger partial charge is 0.424 e. The first-order valence-electron chi connectivity index (χ1n) is 6.85. The highest BCUT2D eigenvalue weighted by Gasteiger charge is 2.24. The zero-order valence-electron chi connectivity index (χ0n) is 11.4. The number of hydrogen-bond donors (Lipinski definition) is 2. The number of nitrogens with one attached hydrogen (secondary N) is 1. The van der Waals surface area contributed by atoms with Crippen molar-refractivity contribution < 1.29 is 9.21 Å². The summed E-state index contributed by atoms with van der Waals surface area (Å²) in [6.45, 7) is 3.51. The first kappa shape index (κ1) is 12.8. The first-order valence-corrected chi connectivity index (χ1v) is 6.85. The number of carbonyl (C=O) groups is 1. The van der Waals surface area contributed by atoms with E-state index in [9.17, 15) is 4.79 Å². The molecule has 0 radical (unpaired) electrons. The smallest absolute Gasteiger partial charge is 0.296 e. The van der Waals surface area contributed by atoms with Crippen LogP contribution in [0.4, 0.5) is 11.7 Å². The quantitative estimate of drug-likeness (QED) is 0.834. The van der Waals surface area contributed by atoms with Gasteiger partial charge in [-0.25, -0.2) is 0 Å². The summed E-state index contributed by atoms with van der Waals surface area (Å²) in [5.41, 5.74) is 7.68. The third-order valence-corrected chi connectivity index (χ3v) is 3.54. The maximum Gasteiger partial charge on any atom is 0.296 e. The number of carbonyl (C=O) groups excluding carboxylic acids is 1. The van der Waals surface area contributed by atoms with Gasteiger partial charge < -0.3 is 20.4 Å². The zero-order valence-corrected chi connectivity index (χ0v) is 11.4. The molecule has 6 heteroatoms. The van der Waals surface area contributed by atoms with Crippen molar-refractivity contribution in [3.05, 3.63) is 18.2 Å². The van der Waals surface area contributed by atoms with Crippen LogP contribution in [0, 0.1) is 0 Å². The van der Waals surface area contributed by atoms with E-state index in [-0.39, 0.29) is 11.9 Å². The SMILES string of the molecule is CC(Nc1nc2cc(N)ccc2o1)C(=O)N1CCCC1. The predicted molar refractivity (Wildman–Crippen MR) is 77.3 cm³/mol. The number of fused-ring (bicyclic) bond motifs is 1. The molecule has 3 rings (SSSR count). The van der Waals surface area contributed by atoms with Gasteiger partial charge in [0.1, 0.15) is 11.6 Å². The highest BCUT2D eigenvalue weighted by Crippen LogP contribution is 2.21. The van der Waals surface area contributed by atoms with Crippen LogP contribution < -0.4 is 11.1 Å². The van der Waals surface area contributed by atoms with Gasteiger partial charge in [0.15, 0.2) is 5.58 Å². The normalized spacial score (nSPS) is 16.6. The molecule has 106 valence electrons. The Morgan fingerprint density at radius 1 is 1.45 bits per heavy atom. The van der Waals surface area contributed by atoms with Crippen molar-refractivity contribution >= 4 is 28.7 Å². The molecule has 1 saturated heterocycles. The van der Waals surface area contributed by atoms with Crippen LogP contribution in [-0.4, -0.2) is 34.9 Å². The lowest BCUT2D eigenvalue weighted by atomic mass is 10.3. The molecule has 20 heavy (non-hydrogen) atoms. The Kier molecular flexibility index (Phi) is 3.22. The van der Waals surface area contributed by atoms with Crippen LogP contribution in [0.15, 0.2) is 22.6 Å². The van der Waals surface area contributed by atoms with E-state index in [1.165, 1.54) is 0 Å². The third kappa shape index (κ3) is 2.41. The van der Waals surface area contributed by atoms with Crippen molar-refractivity contribution in [3.8, 4) is 0 Å². The summed E-state index contributed by atoms with van der Waals surface area (Å²) in [7, 11) is 0. The fourth-order valence-electron chi connectivity index (χ4n) is 2.46. The number of likely N-dealkylation sites (tertiary alicyclic amines) is 1. The van der Waals surface area contributed by atoms with E-state index in [4.69, 9.17) is 10.2 Å². The van der Waals surface area contributed by atoms with Crippen LogP contribution in [0.5, 0.6) is 0 Å². The lowest BCUT2D eigenvalue weighted by Crippen LogP contribution is -2.39. The monoisotopic (exact) mass is 274 g/mol. The van der Waals surface area contributed by atoms with Gasteiger partial charge in [0.25, 0.3) is 6.01 Å². The molecule has 2 aromatic rings. The molecule has 1 fully saturated rings. The number of aromatic nitrogens is 1. The van der Waals surface area contributed by atoms with Gasteiger partial charge in [-0.15, -0.1) is 0 Å². The van der Waals surface area contributed by atoms with E-state index in [2.05, 4.69) is 10.3 Å². The number of nitrogens with two attached hydrogens (primary N) is 1.